The first-order valence-electron chi connectivity index (χ1n) is 9.44. The molecule has 148 valence electrons. The monoisotopic (exact) mass is 425 g/mol. The molecule has 0 bridgehead atoms. The van der Waals surface area contributed by atoms with Crippen LogP contribution in [-0.4, -0.2) is 34.8 Å². The van der Waals surface area contributed by atoms with Crippen molar-refractivity contribution < 1.29 is 9.59 Å². The van der Waals surface area contributed by atoms with Gasteiger partial charge in [-0.1, -0.05) is 29.8 Å². The van der Waals surface area contributed by atoms with Crippen molar-refractivity contribution in [3.05, 3.63) is 69.7 Å². The Kier molecular flexibility index (Phi) is 5.65. The Morgan fingerprint density at radius 3 is 2.66 bits per heavy atom. The van der Waals surface area contributed by atoms with E-state index in [1.54, 1.807) is 23.6 Å². The first-order chi connectivity index (χ1) is 14.0. The number of carbonyl (C=O) groups is 2. The predicted molar refractivity (Wildman–Crippen MR) is 117 cm³/mol. The lowest BCUT2D eigenvalue weighted by atomic mass is 10.1. The summed E-state index contributed by atoms with van der Waals surface area (Å²) in [4.78, 5) is 31.8. The van der Waals surface area contributed by atoms with Crippen molar-refractivity contribution in [1.29, 1.82) is 0 Å². The van der Waals surface area contributed by atoms with E-state index in [1.807, 2.05) is 36.1 Å². The number of nitrogens with one attached hydrogen (secondary N) is 1. The maximum absolute atomic E-state index is 12.8. The van der Waals surface area contributed by atoms with Crippen molar-refractivity contribution in [3.8, 4) is 10.6 Å². The van der Waals surface area contributed by atoms with E-state index in [9.17, 15) is 9.59 Å². The van der Waals surface area contributed by atoms with Crippen molar-refractivity contribution in [2.45, 2.75) is 19.8 Å². The summed E-state index contributed by atoms with van der Waals surface area (Å²) < 4.78 is 0. The largest absolute Gasteiger partial charge is 0.339 e. The molecule has 2 amide bonds. The third-order valence-electron chi connectivity index (χ3n) is 5.01. The summed E-state index contributed by atoms with van der Waals surface area (Å²) >= 11 is 7.43. The third kappa shape index (κ3) is 4.18. The zero-order valence-corrected chi connectivity index (χ0v) is 17.5. The van der Waals surface area contributed by atoms with Gasteiger partial charge in [-0.25, -0.2) is 4.98 Å². The molecule has 4 rings (SSSR count). The fourth-order valence-corrected chi connectivity index (χ4v) is 4.40. The van der Waals surface area contributed by atoms with Crippen LogP contribution < -0.4 is 5.32 Å². The molecule has 5 nitrogen and oxygen atoms in total. The van der Waals surface area contributed by atoms with Gasteiger partial charge in [0.15, 0.2) is 0 Å². The van der Waals surface area contributed by atoms with Gasteiger partial charge < -0.3 is 10.2 Å². The quantitative estimate of drug-likeness (QED) is 0.620. The highest BCUT2D eigenvalue weighted by Gasteiger charge is 2.22. The molecule has 1 aliphatic heterocycles. The first kappa shape index (κ1) is 19.6. The number of thiazole rings is 1. The number of anilines is 1. The molecule has 3 aromatic rings. The standard InChI is InChI=1S/C22H20ClN3O2S/c1-14-17(22(28)26-10-2-3-11-26)8-5-9-18(14)24-20(27)19-13-29-21(25-19)15-6-4-7-16(23)12-15/h4-9,12-13H,2-3,10-11H2,1H3,(H,24,27). The van der Waals surface area contributed by atoms with Gasteiger partial charge in [-0.05, 0) is 49.6 Å². The van der Waals surface area contributed by atoms with E-state index in [2.05, 4.69) is 10.3 Å². The second kappa shape index (κ2) is 8.35. The van der Waals surface area contributed by atoms with E-state index in [-0.39, 0.29) is 11.8 Å². The van der Waals surface area contributed by atoms with Gasteiger partial charge in [-0.3, -0.25) is 9.59 Å². The number of carbonyl (C=O) groups excluding carboxylic acids is 2. The topological polar surface area (TPSA) is 62.3 Å². The molecule has 29 heavy (non-hydrogen) atoms. The van der Waals surface area contributed by atoms with Crippen LogP contribution in [0.3, 0.4) is 0 Å². The SMILES string of the molecule is Cc1c(NC(=O)c2csc(-c3cccc(Cl)c3)n2)cccc1C(=O)N1CCCC1. The highest BCUT2D eigenvalue weighted by Crippen LogP contribution is 2.27. The molecule has 0 unspecified atom stereocenters. The minimum Gasteiger partial charge on any atom is -0.339 e. The number of likely N-dealkylation sites (tertiary alicyclic amines) is 1. The van der Waals surface area contributed by atoms with Gasteiger partial charge in [0.25, 0.3) is 11.8 Å². The van der Waals surface area contributed by atoms with E-state index in [4.69, 9.17) is 11.6 Å². The summed E-state index contributed by atoms with van der Waals surface area (Å²) in [5.41, 5.74) is 3.22. The number of amides is 2. The number of hydrogen-bond acceptors (Lipinski definition) is 4. The summed E-state index contributed by atoms with van der Waals surface area (Å²) in [6, 6.07) is 12.8. The Morgan fingerprint density at radius 2 is 1.90 bits per heavy atom. The zero-order valence-electron chi connectivity index (χ0n) is 15.9. The molecule has 1 aromatic heterocycles. The average molecular weight is 426 g/mol. The van der Waals surface area contributed by atoms with E-state index in [0.717, 1.165) is 42.1 Å². The second-order valence-corrected chi connectivity index (χ2v) is 8.27. The lowest BCUT2D eigenvalue weighted by Gasteiger charge is -2.18. The lowest BCUT2D eigenvalue weighted by Crippen LogP contribution is -2.28. The van der Waals surface area contributed by atoms with Crippen molar-refractivity contribution in [2.24, 2.45) is 0 Å². The van der Waals surface area contributed by atoms with Crippen LogP contribution in [0, 0.1) is 6.92 Å². The maximum Gasteiger partial charge on any atom is 0.275 e. The highest BCUT2D eigenvalue weighted by atomic mass is 35.5. The molecule has 1 fully saturated rings. The van der Waals surface area contributed by atoms with Crippen molar-refractivity contribution in [1.82, 2.24) is 9.88 Å². The van der Waals surface area contributed by atoms with E-state index in [0.29, 0.717) is 22.0 Å². The van der Waals surface area contributed by atoms with Crippen LogP contribution in [0.5, 0.6) is 0 Å². The van der Waals surface area contributed by atoms with Crippen molar-refractivity contribution in [2.75, 3.05) is 18.4 Å². The molecule has 2 aromatic carbocycles. The molecule has 0 saturated carbocycles. The number of nitrogens with zero attached hydrogens (tertiary/aromatic N) is 2. The molecule has 0 radical (unpaired) electrons. The van der Waals surface area contributed by atoms with Crippen LogP contribution in [0.25, 0.3) is 10.6 Å². The van der Waals surface area contributed by atoms with E-state index in [1.165, 1.54) is 11.3 Å². The Morgan fingerprint density at radius 1 is 1.14 bits per heavy atom. The highest BCUT2D eigenvalue weighted by molar-refractivity contribution is 7.13. The van der Waals surface area contributed by atoms with Gasteiger partial charge in [0, 0.05) is 40.3 Å². The molecule has 1 aliphatic rings. The first-order valence-corrected chi connectivity index (χ1v) is 10.7. The lowest BCUT2D eigenvalue weighted by molar-refractivity contribution is 0.0791. The third-order valence-corrected chi connectivity index (χ3v) is 6.14. The molecule has 1 N–H and O–H groups in total. The average Bonchev–Trinajstić information content (AvgIpc) is 3.41. The van der Waals surface area contributed by atoms with Gasteiger partial charge in [-0.15, -0.1) is 11.3 Å². The van der Waals surface area contributed by atoms with Crippen LogP contribution in [0.4, 0.5) is 5.69 Å². The predicted octanol–water partition coefficient (Wildman–Crippen LogP) is 5.26. The van der Waals surface area contributed by atoms with Crippen LogP contribution in [0.15, 0.2) is 47.8 Å². The van der Waals surface area contributed by atoms with E-state index < -0.39 is 0 Å². The molecular formula is C22H20ClN3O2S. The van der Waals surface area contributed by atoms with Gasteiger partial charge in [0.05, 0.1) is 0 Å². The fourth-order valence-electron chi connectivity index (χ4n) is 3.41. The Labute approximate surface area is 178 Å². The van der Waals surface area contributed by atoms with Crippen molar-refractivity contribution >= 4 is 40.4 Å². The maximum atomic E-state index is 12.8. The number of rotatable bonds is 4. The minimum atomic E-state index is -0.302. The van der Waals surface area contributed by atoms with Crippen LogP contribution in [0.2, 0.25) is 5.02 Å². The molecule has 2 heterocycles. The normalized spacial score (nSPS) is 13.5. The molecule has 0 aliphatic carbocycles. The molecular weight excluding hydrogens is 406 g/mol. The summed E-state index contributed by atoms with van der Waals surface area (Å²) in [7, 11) is 0. The molecule has 0 spiro atoms. The summed E-state index contributed by atoms with van der Waals surface area (Å²) in [6.07, 6.45) is 2.08. The summed E-state index contributed by atoms with van der Waals surface area (Å²) in [6.45, 7) is 3.44. The Balaban J connectivity index is 1.53. The Hall–Kier alpha value is -2.70. The number of hydrogen-bond donors (Lipinski definition) is 1. The number of benzene rings is 2. The second-order valence-electron chi connectivity index (χ2n) is 6.98. The molecule has 0 atom stereocenters. The van der Waals surface area contributed by atoms with Gasteiger partial charge in [-0.2, -0.15) is 0 Å². The minimum absolute atomic E-state index is 0.0213. The van der Waals surface area contributed by atoms with Crippen LogP contribution in [0.1, 0.15) is 39.3 Å². The molecule has 7 heteroatoms. The van der Waals surface area contributed by atoms with Gasteiger partial charge in [0.2, 0.25) is 0 Å². The van der Waals surface area contributed by atoms with Crippen molar-refractivity contribution in [3.63, 3.8) is 0 Å². The van der Waals surface area contributed by atoms with Crippen LogP contribution >= 0.6 is 22.9 Å². The number of halogens is 1. The van der Waals surface area contributed by atoms with E-state index >= 15 is 0 Å². The number of aromatic nitrogens is 1. The Bertz CT molecular complexity index is 1070. The van der Waals surface area contributed by atoms with Gasteiger partial charge in [0.1, 0.15) is 10.7 Å². The summed E-state index contributed by atoms with van der Waals surface area (Å²) in [5.74, 6) is -0.281. The zero-order chi connectivity index (χ0) is 20.4. The van der Waals surface area contributed by atoms with Gasteiger partial charge >= 0.3 is 0 Å². The smallest absolute Gasteiger partial charge is 0.275 e. The molecule has 1 saturated heterocycles. The summed E-state index contributed by atoms with van der Waals surface area (Å²) in [5, 5.41) is 5.97. The van der Waals surface area contributed by atoms with Crippen LogP contribution in [-0.2, 0) is 0 Å². The fraction of sp³-hybridized carbons (Fsp3) is 0.227.